The van der Waals surface area contributed by atoms with Crippen LogP contribution in [-0.4, -0.2) is 16.1 Å². The number of hydrogen-bond acceptors (Lipinski definition) is 3. The zero-order chi connectivity index (χ0) is 11.7. The van der Waals surface area contributed by atoms with Gasteiger partial charge in [-0.05, 0) is 6.07 Å². The van der Waals surface area contributed by atoms with E-state index >= 15 is 0 Å². The number of hydrogen-bond donors (Lipinski definition) is 3. The van der Waals surface area contributed by atoms with Gasteiger partial charge in [-0.1, -0.05) is 24.3 Å². The lowest BCUT2D eigenvalue weighted by atomic mass is 10.0. The standard InChI is InChI=1S/C12H11NO3/c13-11(15)6-7-5-10(14)8-3-1-2-4-9(8)12(7)16/h1-5,14,16H,6H2,(H2,13,15). The monoisotopic (exact) mass is 217 g/mol. The number of amides is 1. The molecule has 2 rings (SSSR count). The molecular formula is C12H11NO3. The summed E-state index contributed by atoms with van der Waals surface area (Å²) in [6, 6.07) is 8.24. The van der Waals surface area contributed by atoms with Gasteiger partial charge in [0, 0.05) is 16.3 Å². The van der Waals surface area contributed by atoms with Crippen LogP contribution in [-0.2, 0) is 11.2 Å². The molecule has 0 aliphatic rings. The second-order valence-corrected chi connectivity index (χ2v) is 3.59. The first-order valence-electron chi connectivity index (χ1n) is 4.80. The highest BCUT2D eigenvalue weighted by Crippen LogP contribution is 2.35. The lowest BCUT2D eigenvalue weighted by molar-refractivity contribution is -0.117. The van der Waals surface area contributed by atoms with Crippen LogP contribution >= 0.6 is 0 Å². The molecule has 0 aromatic heterocycles. The SMILES string of the molecule is NC(=O)Cc1cc(O)c2ccccc2c1O. The van der Waals surface area contributed by atoms with Crippen LogP contribution in [0.5, 0.6) is 11.5 Å². The fourth-order valence-electron chi connectivity index (χ4n) is 1.72. The van der Waals surface area contributed by atoms with Gasteiger partial charge in [-0.3, -0.25) is 4.79 Å². The Morgan fingerprint density at radius 3 is 2.44 bits per heavy atom. The summed E-state index contributed by atoms with van der Waals surface area (Å²) >= 11 is 0. The summed E-state index contributed by atoms with van der Waals surface area (Å²) in [5, 5.41) is 20.7. The molecule has 0 saturated carbocycles. The molecule has 2 aromatic rings. The summed E-state index contributed by atoms with van der Waals surface area (Å²) in [5.74, 6) is -0.526. The van der Waals surface area contributed by atoms with Crippen LogP contribution in [0.4, 0.5) is 0 Å². The van der Waals surface area contributed by atoms with Gasteiger partial charge in [0.1, 0.15) is 11.5 Å². The molecule has 4 nitrogen and oxygen atoms in total. The van der Waals surface area contributed by atoms with E-state index in [-0.39, 0.29) is 17.9 Å². The van der Waals surface area contributed by atoms with Crippen LogP contribution in [0.2, 0.25) is 0 Å². The summed E-state index contributed by atoms with van der Waals surface area (Å²) in [5.41, 5.74) is 5.39. The Bertz CT molecular complexity index is 563. The van der Waals surface area contributed by atoms with Gasteiger partial charge in [0.2, 0.25) is 5.91 Å². The van der Waals surface area contributed by atoms with Gasteiger partial charge in [0.25, 0.3) is 0 Å². The maximum atomic E-state index is 10.8. The molecule has 0 saturated heterocycles. The minimum Gasteiger partial charge on any atom is -0.507 e. The molecule has 2 aromatic carbocycles. The average molecular weight is 217 g/mol. The number of carbonyl (C=O) groups excluding carboxylic acids is 1. The molecule has 0 bridgehead atoms. The minimum atomic E-state index is -0.551. The molecule has 16 heavy (non-hydrogen) atoms. The zero-order valence-electron chi connectivity index (χ0n) is 8.47. The number of carbonyl (C=O) groups is 1. The quantitative estimate of drug-likeness (QED) is 0.662. The Morgan fingerprint density at radius 2 is 1.81 bits per heavy atom. The van der Waals surface area contributed by atoms with E-state index in [0.29, 0.717) is 16.3 Å². The smallest absolute Gasteiger partial charge is 0.221 e. The third-order valence-electron chi connectivity index (χ3n) is 2.44. The number of rotatable bonds is 2. The molecule has 0 aliphatic heterocycles. The van der Waals surface area contributed by atoms with Crippen molar-refractivity contribution >= 4 is 16.7 Å². The zero-order valence-corrected chi connectivity index (χ0v) is 8.47. The van der Waals surface area contributed by atoms with Crippen LogP contribution in [0.1, 0.15) is 5.56 Å². The summed E-state index contributed by atoms with van der Waals surface area (Å²) < 4.78 is 0. The van der Waals surface area contributed by atoms with Crippen molar-refractivity contribution in [1.82, 2.24) is 0 Å². The summed E-state index contributed by atoms with van der Waals surface area (Å²) in [7, 11) is 0. The number of phenolic OH excluding ortho intramolecular Hbond substituents is 2. The summed E-state index contributed by atoms with van der Waals surface area (Å²) in [6.45, 7) is 0. The third-order valence-corrected chi connectivity index (χ3v) is 2.44. The van der Waals surface area contributed by atoms with E-state index in [1.807, 2.05) is 0 Å². The van der Waals surface area contributed by atoms with E-state index < -0.39 is 5.91 Å². The van der Waals surface area contributed by atoms with E-state index in [0.717, 1.165) is 0 Å². The first-order chi connectivity index (χ1) is 7.59. The summed E-state index contributed by atoms with van der Waals surface area (Å²) in [4.78, 5) is 10.8. The predicted molar refractivity (Wildman–Crippen MR) is 60.2 cm³/mol. The van der Waals surface area contributed by atoms with Crippen molar-refractivity contribution in [3.63, 3.8) is 0 Å². The normalized spacial score (nSPS) is 10.5. The van der Waals surface area contributed by atoms with E-state index in [4.69, 9.17) is 5.73 Å². The predicted octanol–water partition coefficient (Wildman–Crippen LogP) is 1.28. The topological polar surface area (TPSA) is 83.6 Å². The van der Waals surface area contributed by atoms with Crippen LogP contribution < -0.4 is 5.73 Å². The molecule has 0 spiro atoms. The Morgan fingerprint density at radius 1 is 1.19 bits per heavy atom. The molecule has 4 heteroatoms. The highest BCUT2D eigenvalue weighted by Gasteiger charge is 2.11. The number of primary amides is 1. The molecule has 0 unspecified atom stereocenters. The average Bonchev–Trinajstić information content (AvgIpc) is 2.25. The van der Waals surface area contributed by atoms with Crippen LogP contribution in [0.3, 0.4) is 0 Å². The van der Waals surface area contributed by atoms with Crippen LogP contribution in [0.25, 0.3) is 10.8 Å². The van der Waals surface area contributed by atoms with Crippen molar-refractivity contribution in [2.75, 3.05) is 0 Å². The van der Waals surface area contributed by atoms with Gasteiger partial charge in [0.15, 0.2) is 0 Å². The first kappa shape index (κ1) is 10.3. The maximum Gasteiger partial charge on any atom is 0.221 e. The van der Waals surface area contributed by atoms with Gasteiger partial charge in [-0.15, -0.1) is 0 Å². The summed E-state index contributed by atoms with van der Waals surface area (Å²) in [6.07, 6.45) is -0.0930. The van der Waals surface area contributed by atoms with E-state index in [9.17, 15) is 15.0 Å². The second kappa shape index (κ2) is 3.73. The van der Waals surface area contributed by atoms with Crippen LogP contribution in [0, 0.1) is 0 Å². The van der Waals surface area contributed by atoms with Crippen molar-refractivity contribution in [3.05, 3.63) is 35.9 Å². The highest BCUT2D eigenvalue weighted by atomic mass is 16.3. The van der Waals surface area contributed by atoms with Crippen molar-refractivity contribution in [2.24, 2.45) is 5.73 Å². The Labute approximate surface area is 91.9 Å². The molecule has 82 valence electrons. The van der Waals surface area contributed by atoms with Crippen molar-refractivity contribution in [1.29, 1.82) is 0 Å². The molecule has 0 heterocycles. The number of aromatic hydroxyl groups is 2. The lowest BCUT2D eigenvalue weighted by Crippen LogP contribution is -2.13. The molecule has 0 aliphatic carbocycles. The van der Waals surface area contributed by atoms with Crippen LogP contribution in [0.15, 0.2) is 30.3 Å². The Balaban J connectivity index is 2.70. The van der Waals surface area contributed by atoms with Gasteiger partial charge in [-0.2, -0.15) is 0 Å². The fraction of sp³-hybridized carbons (Fsp3) is 0.0833. The lowest BCUT2D eigenvalue weighted by Gasteiger charge is -2.08. The third kappa shape index (κ3) is 1.65. The fourth-order valence-corrected chi connectivity index (χ4v) is 1.72. The van der Waals surface area contributed by atoms with E-state index in [1.54, 1.807) is 24.3 Å². The Hall–Kier alpha value is -2.23. The maximum absolute atomic E-state index is 10.8. The van der Waals surface area contributed by atoms with Gasteiger partial charge < -0.3 is 15.9 Å². The Kier molecular flexibility index (Phi) is 2.40. The van der Waals surface area contributed by atoms with Gasteiger partial charge in [0.05, 0.1) is 6.42 Å². The second-order valence-electron chi connectivity index (χ2n) is 3.59. The molecule has 0 radical (unpaired) electrons. The van der Waals surface area contributed by atoms with Crippen molar-refractivity contribution < 1.29 is 15.0 Å². The van der Waals surface area contributed by atoms with Crippen molar-refractivity contribution in [3.8, 4) is 11.5 Å². The number of fused-ring (bicyclic) bond motifs is 1. The van der Waals surface area contributed by atoms with E-state index in [2.05, 4.69) is 0 Å². The molecule has 0 fully saturated rings. The van der Waals surface area contributed by atoms with Gasteiger partial charge >= 0.3 is 0 Å². The molecule has 0 atom stereocenters. The first-order valence-corrected chi connectivity index (χ1v) is 4.80. The highest BCUT2D eigenvalue weighted by molar-refractivity contribution is 5.95. The molecule has 1 amide bonds. The largest absolute Gasteiger partial charge is 0.507 e. The van der Waals surface area contributed by atoms with Gasteiger partial charge in [-0.25, -0.2) is 0 Å². The number of benzene rings is 2. The minimum absolute atomic E-state index is 0.00722. The number of nitrogens with two attached hydrogens (primary N) is 1. The number of phenols is 2. The van der Waals surface area contributed by atoms with E-state index in [1.165, 1.54) is 6.07 Å². The van der Waals surface area contributed by atoms with Crippen molar-refractivity contribution in [2.45, 2.75) is 6.42 Å². The molecule has 4 N–H and O–H groups in total. The molecular weight excluding hydrogens is 206 g/mol.